The summed E-state index contributed by atoms with van der Waals surface area (Å²) in [7, 11) is 1.58. The number of amides is 3. The summed E-state index contributed by atoms with van der Waals surface area (Å²) in [5.74, 6) is 0.715. The summed E-state index contributed by atoms with van der Waals surface area (Å²) in [5, 5.41) is 9.17. The third-order valence-electron chi connectivity index (χ3n) is 7.27. The van der Waals surface area contributed by atoms with Gasteiger partial charge >= 0.3 is 0 Å². The number of nitrogens with one attached hydrogen (secondary N) is 3. The van der Waals surface area contributed by atoms with Crippen molar-refractivity contribution < 1.29 is 28.2 Å². The lowest BCUT2D eigenvalue weighted by Gasteiger charge is -2.23. The number of methoxy groups -OCH3 is 1. The monoisotopic (exact) mass is 554 g/mol. The Morgan fingerprint density at radius 2 is 1.80 bits per heavy atom. The molecule has 2 atom stereocenters. The number of fused-ring (bicyclic) bond motifs is 15. The van der Waals surface area contributed by atoms with Crippen LogP contribution in [-0.2, 0) is 27.2 Å². The number of ether oxygens (including phenoxy) is 2. The van der Waals surface area contributed by atoms with Gasteiger partial charge in [-0.25, -0.2) is 4.39 Å². The first kappa shape index (κ1) is 29.3. The Kier molecular flexibility index (Phi) is 10.7. The van der Waals surface area contributed by atoms with Crippen molar-refractivity contribution in [1.29, 1.82) is 0 Å². The van der Waals surface area contributed by atoms with E-state index in [1.165, 1.54) is 12.1 Å². The standard InChI is InChI=1S/C30H39FN4O5/c1-39-27-17-21-7-11-26(27)40-24-19-25(34-20-24)30(38)33-13-2-3-15-35(16-4-14-32-28(36)12-8-21)29(37)18-22-5-9-23(31)10-6-22/h5-7,9-11,17,24-25,34H,2-4,8,12-16,18-20H2,1H3,(H,32,36)(H,33,38)/t24-,25-/m0/s1. The summed E-state index contributed by atoms with van der Waals surface area (Å²) in [4.78, 5) is 40.0. The molecule has 3 amide bonds. The van der Waals surface area contributed by atoms with Crippen LogP contribution in [0.15, 0.2) is 42.5 Å². The molecule has 1 fully saturated rings. The van der Waals surface area contributed by atoms with E-state index < -0.39 is 0 Å². The Hall–Kier alpha value is -3.66. The lowest BCUT2D eigenvalue weighted by Crippen LogP contribution is -2.41. The van der Waals surface area contributed by atoms with E-state index in [1.54, 1.807) is 24.1 Å². The third kappa shape index (κ3) is 8.67. The van der Waals surface area contributed by atoms with E-state index in [1.807, 2.05) is 18.2 Å². The number of hydrogen-bond donors (Lipinski definition) is 3. The van der Waals surface area contributed by atoms with Gasteiger partial charge in [0.25, 0.3) is 0 Å². The zero-order chi connectivity index (χ0) is 28.3. The second kappa shape index (κ2) is 14.6. The van der Waals surface area contributed by atoms with Crippen LogP contribution in [0.2, 0.25) is 0 Å². The van der Waals surface area contributed by atoms with Crippen LogP contribution in [0.3, 0.4) is 0 Å². The molecule has 5 rings (SSSR count). The highest BCUT2D eigenvalue weighted by Gasteiger charge is 2.31. The number of aryl methyl sites for hydroxylation is 1. The van der Waals surface area contributed by atoms with Gasteiger partial charge in [-0.05, 0) is 61.1 Å². The van der Waals surface area contributed by atoms with E-state index in [9.17, 15) is 18.8 Å². The van der Waals surface area contributed by atoms with Gasteiger partial charge in [-0.2, -0.15) is 0 Å². The molecule has 0 unspecified atom stereocenters. The molecule has 0 aromatic heterocycles. The van der Waals surface area contributed by atoms with E-state index in [-0.39, 0.29) is 42.1 Å². The Morgan fingerprint density at radius 3 is 2.60 bits per heavy atom. The molecule has 3 heterocycles. The van der Waals surface area contributed by atoms with Gasteiger partial charge in [0.15, 0.2) is 11.5 Å². The molecule has 3 aliphatic rings. The minimum absolute atomic E-state index is 0.0463. The van der Waals surface area contributed by atoms with Crippen LogP contribution in [0, 0.1) is 5.82 Å². The fourth-order valence-corrected chi connectivity index (χ4v) is 4.99. The Morgan fingerprint density at radius 1 is 1.02 bits per heavy atom. The molecule has 0 spiro atoms. The molecular weight excluding hydrogens is 515 g/mol. The van der Waals surface area contributed by atoms with Gasteiger partial charge in [-0.3, -0.25) is 14.4 Å². The van der Waals surface area contributed by atoms with Gasteiger partial charge in [0.1, 0.15) is 11.9 Å². The second-order valence-electron chi connectivity index (χ2n) is 10.3. The van der Waals surface area contributed by atoms with Crippen molar-refractivity contribution in [1.82, 2.24) is 20.9 Å². The van der Waals surface area contributed by atoms with Crippen molar-refractivity contribution in [3.05, 3.63) is 59.4 Å². The highest BCUT2D eigenvalue weighted by Crippen LogP contribution is 2.30. The zero-order valence-electron chi connectivity index (χ0n) is 23.0. The summed E-state index contributed by atoms with van der Waals surface area (Å²) in [6.07, 6.45) is 3.51. The van der Waals surface area contributed by atoms with Crippen molar-refractivity contribution in [3.63, 3.8) is 0 Å². The zero-order valence-corrected chi connectivity index (χ0v) is 23.0. The maximum absolute atomic E-state index is 13.3. The smallest absolute Gasteiger partial charge is 0.237 e. The number of halogens is 1. The molecule has 0 radical (unpaired) electrons. The van der Waals surface area contributed by atoms with Gasteiger partial charge in [0.2, 0.25) is 17.7 Å². The SMILES string of the molecule is COc1cc2ccc1O[C@@H]1CN[C@@H](C1)C(=O)NCCCCN(C(=O)Cc1ccc(F)cc1)CCCNC(=O)CC2. The van der Waals surface area contributed by atoms with E-state index >= 15 is 0 Å². The van der Waals surface area contributed by atoms with Crippen LogP contribution in [0.1, 0.15) is 43.2 Å². The molecule has 9 nitrogen and oxygen atoms in total. The predicted molar refractivity (Wildman–Crippen MR) is 149 cm³/mol. The lowest BCUT2D eigenvalue weighted by molar-refractivity contribution is -0.130. The first-order valence-electron chi connectivity index (χ1n) is 14.0. The normalized spacial score (nSPS) is 21.4. The van der Waals surface area contributed by atoms with Crippen molar-refractivity contribution in [3.8, 4) is 11.5 Å². The predicted octanol–water partition coefficient (Wildman–Crippen LogP) is 2.36. The molecule has 216 valence electrons. The minimum atomic E-state index is -0.338. The summed E-state index contributed by atoms with van der Waals surface area (Å²) in [5.41, 5.74) is 1.71. The number of benzene rings is 2. The minimum Gasteiger partial charge on any atom is -0.493 e. The fraction of sp³-hybridized carbons (Fsp3) is 0.500. The third-order valence-corrected chi connectivity index (χ3v) is 7.27. The van der Waals surface area contributed by atoms with E-state index in [2.05, 4.69) is 16.0 Å². The molecule has 0 saturated carbocycles. The topological polar surface area (TPSA) is 109 Å². The van der Waals surface area contributed by atoms with Crippen molar-refractivity contribution >= 4 is 17.7 Å². The van der Waals surface area contributed by atoms with Gasteiger partial charge in [0.05, 0.1) is 19.6 Å². The molecule has 2 aromatic carbocycles. The quantitative estimate of drug-likeness (QED) is 0.538. The Labute approximate surface area is 234 Å². The number of carbonyl (C=O) groups is 3. The molecule has 0 aliphatic carbocycles. The summed E-state index contributed by atoms with van der Waals surface area (Å²) >= 11 is 0. The first-order chi connectivity index (χ1) is 19.4. The van der Waals surface area contributed by atoms with Gasteiger partial charge in [-0.1, -0.05) is 18.2 Å². The van der Waals surface area contributed by atoms with Crippen molar-refractivity contribution in [2.45, 2.75) is 57.1 Å². The summed E-state index contributed by atoms with van der Waals surface area (Å²) in [6.45, 7) is 2.56. The number of hydrogen-bond acceptors (Lipinski definition) is 6. The van der Waals surface area contributed by atoms with Gasteiger partial charge < -0.3 is 30.3 Å². The highest BCUT2D eigenvalue weighted by atomic mass is 19.1. The molecule has 40 heavy (non-hydrogen) atoms. The van der Waals surface area contributed by atoms with Gasteiger partial charge in [-0.15, -0.1) is 0 Å². The average Bonchev–Trinajstić information content (AvgIpc) is 3.42. The van der Waals surface area contributed by atoms with E-state index in [0.717, 1.165) is 24.0 Å². The largest absolute Gasteiger partial charge is 0.493 e. The molecule has 3 aliphatic heterocycles. The maximum Gasteiger partial charge on any atom is 0.237 e. The molecule has 3 N–H and O–H groups in total. The van der Waals surface area contributed by atoms with Crippen LogP contribution >= 0.6 is 0 Å². The molecule has 4 bridgehead atoms. The lowest BCUT2D eigenvalue weighted by atomic mass is 10.1. The summed E-state index contributed by atoms with van der Waals surface area (Å²) in [6, 6.07) is 11.3. The maximum atomic E-state index is 13.3. The molecule has 10 heteroatoms. The molecular formula is C30H39FN4O5. The Balaban J connectivity index is 1.39. The van der Waals surface area contributed by atoms with Crippen molar-refractivity contribution in [2.75, 3.05) is 39.8 Å². The van der Waals surface area contributed by atoms with Crippen LogP contribution in [0.5, 0.6) is 11.5 Å². The van der Waals surface area contributed by atoms with Crippen molar-refractivity contribution in [2.24, 2.45) is 0 Å². The van der Waals surface area contributed by atoms with Crippen LogP contribution in [0.4, 0.5) is 4.39 Å². The average molecular weight is 555 g/mol. The summed E-state index contributed by atoms with van der Waals surface area (Å²) < 4.78 is 24.9. The number of rotatable bonds is 3. The first-order valence-corrected chi connectivity index (χ1v) is 14.0. The highest BCUT2D eigenvalue weighted by molar-refractivity contribution is 5.82. The number of nitrogens with zero attached hydrogens (tertiary/aromatic N) is 1. The molecule has 1 saturated heterocycles. The molecule has 2 aromatic rings. The number of carbonyl (C=O) groups excluding carboxylic acids is 3. The van der Waals surface area contributed by atoms with Crippen LogP contribution < -0.4 is 25.4 Å². The van der Waals surface area contributed by atoms with E-state index in [0.29, 0.717) is 69.9 Å². The fourth-order valence-electron chi connectivity index (χ4n) is 4.99. The van der Waals surface area contributed by atoms with E-state index in [4.69, 9.17) is 9.47 Å². The Bertz CT molecular complexity index is 1160. The van der Waals surface area contributed by atoms with Crippen LogP contribution in [-0.4, -0.2) is 74.6 Å². The second-order valence-corrected chi connectivity index (χ2v) is 10.3. The van der Waals surface area contributed by atoms with Crippen LogP contribution in [0.25, 0.3) is 0 Å². The van der Waals surface area contributed by atoms with Gasteiger partial charge in [0, 0.05) is 45.6 Å².